The zero-order chi connectivity index (χ0) is 12.7. The monoisotopic (exact) mass is 264 g/mol. The number of nitrogens with one attached hydrogen (secondary N) is 1. The van der Waals surface area contributed by atoms with Crippen molar-refractivity contribution in [1.82, 2.24) is 10.2 Å². The zero-order valence-corrected chi connectivity index (χ0v) is 11.6. The third-order valence-corrected chi connectivity index (χ3v) is 3.92. The van der Waals surface area contributed by atoms with E-state index in [1.54, 1.807) is 0 Å². The molecule has 17 heavy (non-hydrogen) atoms. The largest absolute Gasteiger partial charge is 0.381 e. The molecule has 0 aromatic heterocycles. The molecule has 0 aliphatic carbocycles. The van der Waals surface area contributed by atoms with Crippen LogP contribution in [0.15, 0.2) is 0 Å². The van der Waals surface area contributed by atoms with Crippen molar-refractivity contribution >= 4 is 9.84 Å². The lowest BCUT2D eigenvalue weighted by Crippen LogP contribution is -2.39. The molecule has 0 atom stereocenters. The predicted octanol–water partition coefficient (Wildman–Crippen LogP) is -0.269. The first-order valence-electron chi connectivity index (χ1n) is 6.15. The number of hydrogen-bond donors (Lipinski definition) is 1. The third kappa shape index (κ3) is 7.70. The van der Waals surface area contributed by atoms with Crippen LogP contribution >= 0.6 is 0 Å². The SMILES string of the molecule is CN(CCNC1CCOCC1)CCS(C)(=O)=O. The van der Waals surface area contributed by atoms with Crippen molar-refractivity contribution in [2.24, 2.45) is 0 Å². The van der Waals surface area contributed by atoms with Crippen molar-refractivity contribution in [3.63, 3.8) is 0 Å². The Labute approximate surface area is 104 Å². The molecule has 0 radical (unpaired) electrons. The van der Waals surface area contributed by atoms with Gasteiger partial charge in [0, 0.05) is 45.1 Å². The molecule has 0 aromatic carbocycles. The topological polar surface area (TPSA) is 58.6 Å². The van der Waals surface area contributed by atoms with Crippen molar-refractivity contribution in [1.29, 1.82) is 0 Å². The summed E-state index contributed by atoms with van der Waals surface area (Å²) in [7, 11) is -0.888. The Morgan fingerprint density at radius 3 is 2.53 bits per heavy atom. The van der Waals surface area contributed by atoms with Crippen LogP contribution < -0.4 is 5.32 Å². The fourth-order valence-corrected chi connectivity index (χ4v) is 2.44. The van der Waals surface area contributed by atoms with Gasteiger partial charge in [-0.15, -0.1) is 0 Å². The first kappa shape index (κ1) is 14.9. The summed E-state index contributed by atoms with van der Waals surface area (Å²) in [6, 6.07) is 0.562. The second kappa shape index (κ2) is 7.31. The summed E-state index contributed by atoms with van der Waals surface area (Å²) in [6.45, 7) is 4.09. The molecule has 0 saturated carbocycles. The molecule has 1 saturated heterocycles. The second-order valence-electron chi connectivity index (χ2n) is 4.77. The Balaban J connectivity index is 2.05. The van der Waals surface area contributed by atoms with Crippen LogP contribution in [0.2, 0.25) is 0 Å². The Hall–Kier alpha value is -0.170. The van der Waals surface area contributed by atoms with E-state index in [9.17, 15) is 8.42 Å². The van der Waals surface area contributed by atoms with E-state index in [2.05, 4.69) is 5.32 Å². The van der Waals surface area contributed by atoms with Gasteiger partial charge in [0.15, 0.2) is 0 Å². The van der Waals surface area contributed by atoms with Crippen molar-refractivity contribution in [2.45, 2.75) is 18.9 Å². The van der Waals surface area contributed by atoms with Gasteiger partial charge in [0.05, 0.1) is 5.75 Å². The smallest absolute Gasteiger partial charge is 0.148 e. The summed E-state index contributed by atoms with van der Waals surface area (Å²) in [4.78, 5) is 2.05. The molecule has 0 spiro atoms. The van der Waals surface area contributed by atoms with Crippen LogP contribution in [-0.4, -0.2) is 71.3 Å². The highest BCUT2D eigenvalue weighted by Gasteiger charge is 2.12. The highest BCUT2D eigenvalue weighted by atomic mass is 32.2. The first-order valence-corrected chi connectivity index (χ1v) is 8.21. The van der Waals surface area contributed by atoms with Gasteiger partial charge < -0.3 is 15.0 Å². The highest BCUT2D eigenvalue weighted by molar-refractivity contribution is 7.90. The van der Waals surface area contributed by atoms with Crippen LogP contribution in [0.4, 0.5) is 0 Å². The summed E-state index contributed by atoms with van der Waals surface area (Å²) in [5.41, 5.74) is 0. The number of sulfone groups is 1. The molecule has 0 aromatic rings. The lowest BCUT2D eigenvalue weighted by molar-refractivity contribution is 0.0775. The third-order valence-electron chi connectivity index (χ3n) is 2.99. The second-order valence-corrected chi connectivity index (χ2v) is 7.03. The Morgan fingerprint density at radius 2 is 1.94 bits per heavy atom. The molecule has 1 aliphatic heterocycles. The van der Waals surface area contributed by atoms with E-state index in [-0.39, 0.29) is 5.75 Å². The number of hydrogen-bond acceptors (Lipinski definition) is 5. The van der Waals surface area contributed by atoms with Gasteiger partial charge in [-0.25, -0.2) is 8.42 Å². The van der Waals surface area contributed by atoms with Gasteiger partial charge >= 0.3 is 0 Å². The molecule has 0 bridgehead atoms. The van der Waals surface area contributed by atoms with Gasteiger partial charge in [0.2, 0.25) is 0 Å². The summed E-state index contributed by atoms with van der Waals surface area (Å²) in [5, 5.41) is 3.48. The molecule has 1 N–H and O–H groups in total. The standard InChI is InChI=1S/C11H24N2O3S/c1-13(7-10-17(2,14)15)6-5-12-11-3-8-16-9-4-11/h11-12H,3-10H2,1-2H3. The van der Waals surface area contributed by atoms with Gasteiger partial charge in [0.25, 0.3) is 0 Å². The maximum absolute atomic E-state index is 11.0. The minimum absolute atomic E-state index is 0.237. The molecular weight excluding hydrogens is 240 g/mol. The maximum Gasteiger partial charge on any atom is 0.148 e. The Bertz CT molecular complexity index is 300. The average Bonchev–Trinajstić information content (AvgIpc) is 2.27. The van der Waals surface area contributed by atoms with E-state index in [1.807, 2.05) is 11.9 Å². The van der Waals surface area contributed by atoms with E-state index in [0.29, 0.717) is 12.6 Å². The lowest BCUT2D eigenvalue weighted by Gasteiger charge is -2.24. The fourth-order valence-electron chi connectivity index (χ4n) is 1.79. The normalized spacial score (nSPS) is 18.8. The Kier molecular flexibility index (Phi) is 6.40. The van der Waals surface area contributed by atoms with E-state index in [1.165, 1.54) is 6.26 Å². The van der Waals surface area contributed by atoms with Crippen LogP contribution in [0.1, 0.15) is 12.8 Å². The molecule has 1 aliphatic rings. The number of likely N-dealkylation sites (N-methyl/N-ethyl adjacent to an activating group) is 1. The van der Waals surface area contributed by atoms with E-state index >= 15 is 0 Å². The molecule has 6 heteroatoms. The highest BCUT2D eigenvalue weighted by Crippen LogP contribution is 2.05. The molecule has 0 amide bonds. The van der Waals surface area contributed by atoms with Crippen LogP contribution in [0.3, 0.4) is 0 Å². The molecule has 1 rings (SSSR count). The Morgan fingerprint density at radius 1 is 1.29 bits per heavy atom. The van der Waals surface area contributed by atoms with Crippen LogP contribution in [0.5, 0.6) is 0 Å². The van der Waals surface area contributed by atoms with Crippen LogP contribution in [-0.2, 0) is 14.6 Å². The minimum Gasteiger partial charge on any atom is -0.381 e. The molecule has 1 fully saturated rings. The van der Waals surface area contributed by atoms with Crippen molar-refractivity contribution in [2.75, 3.05) is 51.9 Å². The van der Waals surface area contributed by atoms with Crippen LogP contribution in [0.25, 0.3) is 0 Å². The summed E-state index contributed by atoms with van der Waals surface area (Å²) in [5.74, 6) is 0.237. The van der Waals surface area contributed by atoms with Crippen LogP contribution in [0, 0.1) is 0 Å². The zero-order valence-electron chi connectivity index (χ0n) is 10.8. The molecule has 0 unspecified atom stereocenters. The average molecular weight is 264 g/mol. The predicted molar refractivity (Wildman–Crippen MR) is 69.1 cm³/mol. The van der Waals surface area contributed by atoms with Gasteiger partial charge in [-0.2, -0.15) is 0 Å². The van der Waals surface area contributed by atoms with Crippen molar-refractivity contribution in [3.05, 3.63) is 0 Å². The minimum atomic E-state index is -2.84. The molecule has 102 valence electrons. The summed E-state index contributed by atoms with van der Waals surface area (Å²) in [6.07, 6.45) is 3.43. The fraction of sp³-hybridized carbons (Fsp3) is 1.00. The quantitative estimate of drug-likeness (QED) is 0.686. The van der Waals surface area contributed by atoms with Gasteiger partial charge in [-0.3, -0.25) is 0 Å². The lowest BCUT2D eigenvalue weighted by atomic mass is 10.1. The van der Waals surface area contributed by atoms with E-state index in [0.717, 1.165) is 39.1 Å². The number of rotatable bonds is 7. The van der Waals surface area contributed by atoms with Crippen molar-refractivity contribution in [3.8, 4) is 0 Å². The van der Waals surface area contributed by atoms with Gasteiger partial charge in [-0.1, -0.05) is 0 Å². The van der Waals surface area contributed by atoms with E-state index < -0.39 is 9.84 Å². The summed E-state index contributed by atoms with van der Waals surface area (Å²) < 4.78 is 27.3. The molecular formula is C11H24N2O3S. The number of nitrogens with zero attached hydrogens (tertiary/aromatic N) is 1. The molecule has 5 nitrogen and oxygen atoms in total. The first-order chi connectivity index (χ1) is 7.97. The van der Waals surface area contributed by atoms with Gasteiger partial charge in [-0.05, 0) is 19.9 Å². The van der Waals surface area contributed by atoms with E-state index in [4.69, 9.17) is 4.74 Å². The maximum atomic E-state index is 11.0. The molecule has 1 heterocycles. The number of ether oxygens (including phenoxy) is 1. The summed E-state index contributed by atoms with van der Waals surface area (Å²) >= 11 is 0. The van der Waals surface area contributed by atoms with Crippen molar-refractivity contribution < 1.29 is 13.2 Å². The van der Waals surface area contributed by atoms with Gasteiger partial charge in [0.1, 0.15) is 9.84 Å².